The Kier molecular flexibility index (Phi) is 4.37. The van der Waals surface area contributed by atoms with Crippen LogP contribution in [-0.2, 0) is 0 Å². The first-order valence-electron chi connectivity index (χ1n) is 6.50. The van der Waals surface area contributed by atoms with Crippen LogP contribution in [0.15, 0.2) is 18.2 Å². The third-order valence-corrected chi connectivity index (χ3v) is 3.98. The normalized spacial score (nSPS) is 16.9. The van der Waals surface area contributed by atoms with Crippen molar-refractivity contribution >= 4 is 22.9 Å². The standard InChI is InChI=1S/C14H20FN3S/c1-17(2)11-5-7-18(8-6-11)13-4-3-10(15)9-12(13)14(16)19/h3-4,9,11H,5-8H2,1-2H3,(H2,16,19). The molecule has 0 spiro atoms. The Morgan fingerprint density at radius 3 is 2.53 bits per heavy atom. The molecule has 1 aliphatic rings. The zero-order valence-electron chi connectivity index (χ0n) is 11.4. The molecule has 1 fully saturated rings. The SMILES string of the molecule is CN(C)C1CCN(c2ccc(F)cc2C(N)=S)CC1. The van der Waals surface area contributed by atoms with Crippen LogP contribution in [0.2, 0.25) is 0 Å². The quantitative estimate of drug-likeness (QED) is 0.859. The van der Waals surface area contributed by atoms with Gasteiger partial charge in [-0.2, -0.15) is 0 Å². The lowest BCUT2D eigenvalue weighted by Gasteiger charge is -2.37. The Bertz CT molecular complexity index is 468. The summed E-state index contributed by atoms with van der Waals surface area (Å²) in [5, 5.41) is 0. The van der Waals surface area contributed by atoms with E-state index in [4.69, 9.17) is 18.0 Å². The van der Waals surface area contributed by atoms with Gasteiger partial charge in [0.2, 0.25) is 0 Å². The van der Waals surface area contributed by atoms with Gasteiger partial charge in [-0.25, -0.2) is 4.39 Å². The molecular weight excluding hydrogens is 261 g/mol. The third kappa shape index (κ3) is 3.22. The summed E-state index contributed by atoms with van der Waals surface area (Å²) in [5.41, 5.74) is 7.28. The van der Waals surface area contributed by atoms with Gasteiger partial charge in [0.15, 0.2) is 0 Å². The number of hydrogen-bond acceptors (Lipinski definition) is 3. The first-order valence-corrected chi connectivity index (χ1v) is 6.90. The van der Waals surface area contributed by atoms with Gasteiger partial charge in [-0.05, 0) is 45.1 Å². The third-order valence-electron chi connectivity index (χ3n) is 3.76. The maximum Gasteiger partial charge on any atom is 0.124 e. The number of thiocarbonyl (C=S) groups is 1. The summed E-state index contributed by atoms with van der Waals surface area (Å²) < 4.78 is 13.3. The maximum absolute atomic E-state index is 13.3. The summed E-state index contributed by atoms with van der Waals surface area (Å²) in [6.07, 6.45) is 2.20. The van der Waals surface area contributed by atoms with E-state index in [9.17, 15) is 4.39 Å². The van der Waals surface area contributed by atoms with E-state index in [0.29, 0.717) is 11.6 Å². The van der Waals surface area contributed by atoms with Crippen molar-refractivity contribution < 1.29 is 4.39 Å². The van der Waals surface area contributed by atoms with E-state index < -0.39 is 0 Å². The van der Waals surface area contributed by atoms with Crippen molar-refractivity contribution in [2.45, 2.75) is 18.9 Å². The molecule has 0 radical (unpaired) electrons. The molecular formula is C14H20FN3S. The number of nitrogens with two attached hydrogens (primary N) is 1. The molecule has 2 N–H and O–H groups in total. The van der Waals surface area contributed by atoms with Crippen LogP contribution in [0.1, 0.15) is 18.4 Å². The van der Waals surface area contributed by atoms with Crippen molar-refractivity contribution in [2.24, 2.45) is 5.73 Å². The molecule has 0 bridgehead atoms. The highest BCUT2D eigenvalue weighted by Gasteiger charge is 2.22. The van der Waals surface area contributed by atoms with E-state index in [1.165, 1.54) is 12.1 Å². The second kappa shape index (κ2) is 5.84. The molecule has 0 saturated carbocycles. The molecule has 1 aliphatic heterocycles. The summed E-state index contributed by atoms with van der Waals surface area (Å²) >= 11 is 5.02. The first-order chi connectivity index (χ1) is 8.99. The van der Waals surface area contributed by atoms with Crippen molar-refractivity contribution in [1.29, 1.82) is 0 Å². The molecule has 2 rings (SSSR count). The van der Waals surface area contributed by atoms with Gasteiger partial charge >= 0.3 is 0 Å². The Morgan fingerprint density at radius 1 is 1.37 bits per heavy atom. The lowest BCUT2D eigenvalue weighted by molar-refractivity contribution is 0.249. The molecule has 0 aliphatic carbocycles. The van der Waals surface area contributed by atoms with E-state index in [0.717, 1.165) is 31.6 Å². The second-order valence-corrected chi connectivity index (χ2v) is 5.65. The fraction of sp³-hybridized carbons (Fsp3) is 0.500. The van der Waals surface area contributed by atoms with Crippen molar-refractivity contribution in [1.82, 2.24) is 4.90 Å². The molecule has 19 heavy (non-hydrogen) atoms. The van der Waals surface area contributed by atoms with Crippen LogP contribution < -0.4 is 10.6 Å². The Balaban J connectivity index is 2.17. The topological polar surface area (TPSA) is 32.5 Å². The van der Waals surface area contributed by atoms with E-state index >= 15 is 0 Å². The summed E-state index contributed by atoms with van der Waals surface area (Å²) in [6.45, 7) is 1.90. The molecule has 5 heteroatoms. The van der Waals surface area contributed by atoms with Crippen molar-refractivity contribution in [3.63, 3.8) is 0 Å². The van der Waals surface area contributed by atoms with Gasteiger partial charge in [-0.15, -0.1) is 0 Å². The molecule has 1 aromatic rings. The first kappa shape index (κ1) is 14.2. The van der Waals surface area contributed by atoms with Crippen LogP contribution in [0.3, 0.4) is 0 Å². The average molecular weight is 281 g/mol. The largest absolute Gasteiger partial charge is 0.389 e. The minimum atomic E-state index is -0.297. The van der Waals surface area contributed by atoms with Gasteiger partial charge < -0.3 is 15.5 Å². The number of anilines is 1. The molecule has 0 aromatic heterocycles. The van der Waals surface area contributed by atoms with Crippen molar-refractivity contribution in [3.8, 4) is 0 Å². The minimum absolute atomic E-state index is 0.254. The van der Waals surface area contributed by atoms with Crippen LogP contribution in [-0.4, -0.2) is 43.1 Å². The van der Waals surface area contributed by atoms with Gasteiger partial charge in [0.05, 0.1) is 0 Å². The number of hydrogen-bond donors (Lipinski definition) is 1. The maximum atomic E-state index is 13.3. The molecule has 0 unspecified atom stereocenters. The highest BCUT2D eigenvalue weighted by molar-refractivity contribution is 7.80. The average Bonchev–Trinajstić information content (AvgIpc) is 2.38. The number of rotatable bonds is 3. The summed E-state index contributed by atoms with van der Waals surface area (Å²) in [5.74, 6) is -0.297. The molecule has 104 valence electrons. The molecule has 3 nitrogen and oxygen atoms in total. The van der Waals surface area contributed by atoms with Gasteiger partial charge in [0.1, 0.15) is 10.8 Å². The predicted molar refractivity (Wildman–Crippen MR) is 81.2 cm³/mol. The highest BCUT2D eigenvalue weighted by atomic mass is 32.1. The van der Waals surface area contributed by atoms with E-state index in [2.05, 4.69) is 23.9 Å². The fourth-order valence-corrected chi connectivity index (χ4v) is 2.77. The molecule has 0 atom stereocenters. The summed E-state index contributed by atoms with van der Waals surface area (Å²) in [4.78, 5) is 4.76. The van der Waals surface area contributed by atoms with Crippen LogP contribution >= 0.6 is 12.2 Å². The lowest BCUT2D eigenvalue weighted by atomic mass is 10.0. The lowest BCUT2D eigenvalue weighted by Crippen LogP contribution is -2.42. The fourth-order valence-electron chi connectivity index (χ4n) is 2.60. The summed E-state index contributed by atoms with van der Waals surface area (Å²) in [6, 6.07) is 5.29. The van der Waals surface area contributed by atoms with Crippen molar-refractivity contribution in [3.05, 3.63) is 29.6 Å². The van der Waals surface area contributed by atoms with Crippen LogP contribution in [0.5, 0.6) is 0 Å². The number of piperidine rings is 1. The smallest absolute Gasteiger partial charge is 0.124 e. The van der Waals surface area contributed by atoms with E-state index in [1.54, 1.807) is 6.07 Å². The Labute approximate surface area is 119 Å². The number of halogens is 1. The van der Waals surface area contributed by atoms with Crippen molar-refractivity contribution in [2.75, 3.05) is 32.1 Å². The van der Waals surface area contributed by atoms with Crippen LogP contribution in [0, 0.1) is 5.82 Å². The molecule has 1 saturated heterocycles. The zero-order valence-corrected chi connectivity index (χ0v) is 12.2. The zero-order chi connectivity index (χ0) is 14.0. The van der Waals surface area contributed by atoms with Crippen LogP contribution in [0.4, 0.5) is 10.1 Å². The number of nitrogens with zero attached hydrogens (tertiary/aromatic N) is 2. The molecule has 1 heterocycles. The minimum Gasteiger partial charge on any atom is -0.389 e. The van der Waals surface area contributed by atoms with E-state index in [1.807, 2.05) is 0 Å². The Hall–Kier alpha value is -1.20. The van der Waals surface area contributed by atoms with Gasteiger partial charge in [0.25, 0.3) is 0 Å². The van der Waals surface area contributed by atoms with Gasteiger partial charge in [-0.3, -0.25) is 0 Å². The highest BCUT2D eigenvalue weighted by Crippen LogP contribution is 2.26. The van der Waals surface area contributed by atoms with Crippen LogP contribution in [0.25, 0.3) is 0 Å². The van der Waals surface area contributed by atoms with E-state index in [-0.39, 0.29) is 10.8 Å². The number of benzene rings is 1. The summed E-state index contributed by atoms with van der Waals surface area (Å²) in [7, 11) is 4.22. The monoisotopic (exact) mass is 281 g/mol. The Morgan fingerprint density at radius 2 is 2.00 bits per heavy atom. The second-order valence-electron chi connectivity index (χ2n) is 5.21. The predicted octanol–water partition coefficient (Wildman–Crippen LogP) is 1.99. The molecule has 0 amide bonds. The van der Waals surface area contributed by atoms with Gasteiger partial charge in [0, 0.05) is 30.4 Å². The van der Waals surface area contributed by atoms with Gasteiger partial charge in [-0.1, -0.05) is 12.2 Å². The molecule has 1 aromatic carbocycles.